The smallest absolute Gasteiger partial charge is 0.250 e. The number of benzene rings is 1. The fourth-order valence-corrected chi connectivity index (χ4v) is 1.47. The van der Waals surface area contributed by atoms with E-state index in [2.05, 4.69) is 10.5 Å². The maximum atomic E-state index is 12.2. The molecule has 0 radical (unpaired) electrons. The molecule has 0 heterocycles. The third-order valence-corrected chi connectivity index (χ3v) is 2.26. The van der Waals surface area contributed by atoms with Crippen LogP contribution in [0.3, 0.4) is 0 Å². The third-order valence-electron chi connectivity index (χ3n) is 2.26. The summed E-state index contributed by atoms with van der Waals surface area (Å²) in [5.74, 6) is 0.000574. The van der Waals surface area contributed by atoms with Gasteiger partial charge in [-0.25, -0.2) is 8.78 Å². The molecule has 0 aliphatic carbocycles. The van der Waals surface area contributed by atoms with Gasteiger partial charge in [-0.3, -0.25) is 0 Å². The number of rotatable bonds is 6. The first-order valence-corrected chi connectivity index (χ1v) is 5.16. The van der Waals surface area contributed by atoms with Crippen molar-refractivity contribution < 1.29 is 14.0 Å². The van der Waals surface area contributed by atoms with Crippen LogP contribution < -0.4 is 11.1 Å². The Morgan fingerprint density at radius 2 is 2.00 bits per heavy atom. The van der Waals surface area contributed by atoms with Crippen LogP contribution in [-0.4, -0.2) is 24.0 Å². The molecule has 4 nitrogen and oxygen atoms in total. The normalized spacial score (nSPS) is 13.9. The van der Waals surface area contributed by atoms with Gasteiger partial charge in [0.2, 0.25) is 0 Å². The van der Waals surface area contributed by atoms with Crippen LogP contribution in [0, 0.1) is 0 Å². The third kappa shape index (κ3) is 4.78. The molecule has 0 bridgehead atoms. The van der Waals surface area contributed by atoms with Gasteiger partial charge in [-0.05, 0) is 5.56 Å². The van der Waals surface area contributed by atoms with E-state index in [1.807, 2.05) is 6.07 Å². The fraction of sp³-hybridized carbons (Fsp3) is 0.364. The Morgan fingerprint density at radius 1 is 1.35 bits per heavy atom. The molecule has 0 aliphatic heterocycles. The molecule has 1 unspecified atom stereocenters. The van der Waals surface area contributed by atoms with E-state index in [4.69, 9.17) is 10.9 Å². The second-order valence-electron chi connectivity index (χ2n) is 3.56. The van der Waals surface area contributed by atoms with Crippen LogP contribution in [0.5, 0.6) is 0 Å². The Bertz CT molecular complexity index is 357. The summed E-state index contributed by atoms with van der Waals surface area (Å²) in [6, 6.07) is 8.65. The van der Waals surface area contributed by atoms with Crippen molar-refractivity contribution in [1.82, 2.24) is 5.32 Å². The Labute approximate surface area is 98.1 Å². The average Bonchev–Trinajstić information content (AvgIpc) is 2.35. The van der Waals surface area contributed by atoms with Crippen LogP contribution in [0.1, 0.15) is 18.0 Å². The summed E-state index contributed by atoms with van der Waals surface area (Å²) in [5.41, 5.74) is 6.21. The molecule has 6 heteroatoms. The van der Waals surface area contributed by atoms with Crippen molar-refractivity contribution in [3.8, 4) is 0 Å². The van der Waals surface area contributed by atoms with Crippen LogP contribution in [0.25, 0.3) is 0 Å². The van der Waals surface area contributed by atoms with E-state index in [1.54, 1.807) is 24.3 Å². The minimum absolute atomic E-state index is 0.000574. The van der Waals surface area contributed by atoms with E-state index >= 15 is 0 Å². The quantitative estimate of drug-likeness (QED) is 0.308. The highest BCUT2D eigenvalue weighted by Crippen LogP contribution is 2.16. The van der Waals surface area contributed by atoms with E-state index in [0.29, 0.717) is 0 Å². The van der Waals surface area contributed by atoms with Crippen molar-refractivity contribution in [2.75, 3.05) is 6.54 Å². The monoisotopic (exact) mass is 243 g/mol. The number of halogens is 2. The van der Waals surface area contributed by atoms with Gasteiger partial charge in [0.1, 0.15) is 5.84 Å². The Morgan fingerprint density at radius 3 is 2.53 bits per heavy atom. The molecule has 1 atom stereocenters. The molecule has 0 saturated carbocycles. The largest absolute Gasteiger partial charge is 0.409 e. The van der Waals surface area contributed by atoms with E-state index in [9.17, 15) is 8.78 Å². The van der Waals surface area contributed by atoms with Crippen molar-refractivity contribution in [3.63, 3.8) is 0 Å². The number of alkyl halides is 2. The SMILES string of the molecule is N/C(CC(NCC(F)F)c1ccccc1)=N/O. The first kappa shape index (κ1) is 13.4. The molecule has 0 fully saturated rings. The minimum Gasteiger partial charge on any atom is -0.409 e. The molecule has 1 aromatic rings. The highest BCUT2D eigenvalue weighted by atomic mass is 19.3. The molecule has 0 spiro atoms. The zero-order valence-electron chi connectivity index (χ0n) is 9.18. The van der Waals surface area contributed by atoms with E-state index in [1.165, 1.54) is 0 Å². The highest BCUT2D eigenvalue weighted by Gasteiger charge is 2.14. The van der Waals surface area contributed by atoms with Gasteiger partial charge >= 0.3 is 0 Å². The number of nitrogens with zero attached hydrogens (tertiary/aromatic N) is 1. The maximum Gasteiger partial charge on any atom is 0.250 e. The van der Waals surface area contributed by atoms with Gasteiger partial charge in [-0.1, -0.05) is 35.5 Å². The predicted molar refractivity (Wildman–Crippen MR) is 61.2 cm³/mol. The first-order valence-electron chi connectivity index (χ1n) is 5.16. The van der Waals surface area contributed by atoms with Crippen LogP contribution in [-0.2, 0) is 0 Å². The van der Waals surface area contributed by atoms with Gasteiger partial charge in [-0.15, -0.1) is 0 Å². The molecule has 17 heavy (non-hydrogen) atoms. The van der Waals surface area contributed by atoms with Crippen molar-refractivity contribution >= 4 is 5.84 Å². The number of hydrogen-bond acceptors (Lipinski definition) is 3. The van der Waals surface area contributed by atoms with Crippen molar-refractivity contribution in [2.45, 2.75) is 18.9 Å². The molecule has 1 rings (SSSR count). The molecule has 1 aromatic carbocycles. The number of amidine groups is 1. The lowest BCUT2D eigenvalue weighted by Crippen LogP contribution is -2.30. The van der Waals surface area contributed by atoms with E-state index < -0.39 is 13.0 Å². The lowest BCUT2D eigenvalue weighted by molar-refractivity contribution is 0.141. The molecule has 0 saturated heterocycles. The van der Waals surface area contributed by atoms with Crippen molar-refractivity contribution in [3.05, 3.63) is 35.9 Å². The summed E-state index contributed by atoms with van der Waals surface area (Å²) in [4.78, 5) is 0. The lowest BCUT2D eigenvalue weighted by atomic mass is 10.0. The molecular weight excluding hydrogens is 228 g/mol. The number of hydrogen-bond donors (Lipinski definition) is 3. The number of oxime groups is 1. The van der Waals surface area contributed by atoms with Crippen molar-refractivity contribution in [2.24, 2.45) is 10.9 Å². The van der Waals surface area contributed by atoms with E-state index in [0.717, 1.165) is 5.56 Å². The fourth-order valence-electron chi connectivity index (χ4n) is 1.47. The predicted octanol–water partition coefficient (Wildman–Crippen LogP) is 1.72. The molecule has 0 amide bonds. The van der Waals surface area contributed by atoms with Gasteiger partial charge in [-0.2, -0.15) is 0 Å². The van der Waals surface area contributed by atoms with Gasteiger partial charge in [0.05, 0.1) is 6.54 Å². The summed E-state index contributed by atoms with van der Waals surface area (Å²) >= 11 is 0. The molecular formula is C11H15F2N3O. The number of nitrogens with two attached hydrogens (primary N) is 1. The molecule has 0 aliphatic rings. The van der Waals surface area contributed by atoms with Gasteiger partial charge in [0, 0.05) is 12.5 Å². The molecule has 94 valence electrons. The van der Waals surface area contributed by atoms with Crippen LogP contribution in [0.15, 0.2) is 35.5 Å². The minimum atomic E-state index is -2.44. The summed E-state index contributed by atoms with van der Waals surface area (Å²) in [6.45, 7) is -0.432. The average molecular weight is 243 g/mol. The Balaban J connectivity index is 2.72. The lowest BCUT2D eigenvalue weighted by Gasteiger charge is -2.18. The zero-order chi connectivity index (χ0) is 12.7. The highest BCUT2D eigenvalue weighted by molar-refractivity contribution is 5.80. The van der Waals surface area contributed by atoms with Crippen LogP contribution >= 0.6 is 0 Å². The summed E-state index contributed by atoms with van der Waals surface area (Å²) in [7, 11) is 0. The van der Waals surface area contributed by atoms with Crippen LogP contribution in [0.4, 0.5) is 8.78 Å². The second-order valence-corrected chi connectivity index (χ2v) is 3.56. The van der Waals surface area contributed by atoms with Gasteiger partial charge < -0.3 is 16.3 Å². The van der Waals surface area contributed by atoms with Gasteiger partial charge in [0.15, 0.2) is 0 Å². The molecule has 4 N–H and O–H groups in total. The van der Waals surface area contributed by atoms with Crippen molar-refractivity contribution in [1.29, 1.82) is 0 Å². The zero-order valence-corrected chi connectivity index (χ0v) is 9.18. The standard InChI is InChI=1S/C11H15F2N3O/c12-10(13)7-15-9(6-11(14)16-17)8-4-2-1-3-5-8/h1-5,9-10,15,17H,6-7H2,(H2,14,16). The van der Waals surface area contributed by atoms with Gasteiger partial charge in [0.25, 0.3) is 6.43 Å². The maximum absolute atomic E-state index is 12.2. The number of nitrogens with one attached hydrogen (secondary N) is 1. The van der Waals surface area contributed by atoms with E-state index in [-0.39, 0.29) is 18.3 Å². The second kappa shape index (κ2) is 6.80. The first-order chi connectivity index (χ1) is 8.13. The summed E-state index contributed by atoms with van der Waals surface area (Å²) in [6.07, 6.45) is -2.26. The van der Waals surface area contributed by atoms with Crippen LogP contribution in [0.2, 0.25) is 0 Å². The Kier molecular flexibility index (Phi) is 5.35. The summed E-state index contributed by atoms with van der Waals surface area (Å²) < 4.78 is 24.3. The summed E-state index contributed by atoms with van der Waals surface area (Å²) in [5, 5.41) is 14.0. The molecule has 0 aromatic heterocycles. The Hall–Kier alpha value is -1.69. The topological polar surface area (TPSA) is 70.6 Å².